The zero-order chi connectivity index (χ0) is 24.4. The molecule has 4 atom stereocenters. The van der Waals surface area contributed by atoms with Gasteiger partial charge >= 0.3 is 0 Å². The van der Waals surface area contributed by atoms with Crippen LogP contribution in [0.3, 0.4) is 0 Å². The molecule has 0 unspecified atom stereocenters. The van der Waals surface area contributed by atoms with Crippen molar-refractivity contribution >= 4 is 23.5 Å². The number of anilines is 1. The van der Waals surface area contributed by atoms with Gasteiger partial charge in [0, 0.05) is 19.2 Å². The van der Waals surface area contributed by atoms with Gasteiger partial charge in [-0.15, -0.1) is 0 Å². The molecule has 0 bridgehead atoms. The molecule has 0 spiro atoms. The van der Waals surface area contributed by atoms with Gasteiger partial charge in [0.05, 0.1) is 18.4 Å². The van der Waals surface area contributed by atoms with Crippen molar-refractivity contribution in [3.8, 4) is 16.9 Å². The lowest BCUT2D eigenvalue weighted by Crippen LogP contribution is -2.50. The molecule has 9 nitrogen and oxygen atoms in total. The number of ether oxygens (including phenoxy) is 1. The maximum atomic E-state index is 14.6. The van der Waals surface area contributed by atoms with Crippen LogP contribution in [0, 0.1) is 18.8 Å². The second kappa shape index (κ2) is 9.76. The zero-order valence-electron chi connectivity index (χ0n) is 18.7. The van der Waals surface area contributed by atoms with E-state index in [9.17, 15) is 18.8 Å². The molecule has 1 aliphatic carbocycles. The van der Waals surface area contributed by atoms with Crippen LogP contribution >= 0.6 is 0 Å². The predicted molar refractivity (Wildman–Crippen MR) is 121 cm³/mol. The molecular formula is C24H27FN4O5. The van der Waals surface area contributed by atoms with Crippen molar-refractivity contribution in [2.24, 2.45) is 17.6 Å². The van der Waals surface area contributed by atoms with E-state index in [-0.39, 0.29) is 12.5 Å². The van der Waals surface area contributed by atoms with Crippen molar-refractivity contribution in [3.05, 3.63) is 42.1 Å². The first kappa shape index (κ1) is 23.6. The Morgan fingerprint density at radius 3 is 2.65 bits per heavy atom. The highest BCUT2D eigenvalue weighted by Gasteiger charge is 2.47. The second-order valence-electron chi connectivity index (χ2n) is 8.71. The topological polar surface area (TPSA) is 135 Å². The lowest BCUT2D eigenvalue weighted by Gasteiger charge is -2.34. The van der Waals surface area contributed by atoms with Gasteiger partial charge in [-0.1, -0.05) is 6.07 Å². The SMILES string of the molecule is Cc1cc(-c2ccnc(NC(=O)[C@@H]3C[C@@H]3C(N)=O)c2)ccc1O[C@H]1CCN(C(=O)CO)C[C@H]1F. The second-order valence-corrected chi connectivity index (χ2v) is 8.71. The van der Waals surface area contributed by atoms with Crippen LogP contribution in [0.5, 0.6) is 5.75 Å². The lowest BCUT2D eigenvalue weighted by molar-refractivity contribution is -0.138. The molecule has 34 heavy (non-hydrogen) atoms. The zero-order valence-corrected chi connectivity index (χ0v) is 18.7. The van der Waals surface area contributed by atoms with Crippen LogP contribution in [0.1, 0.15) is 18.4 Å². The van der Waals surface area contributed by atoms with E-state index in [1.807, 2.05) is 19.1 Å². The molecule has 10 heteroatoms. The fourth-order valence-corrected chi connectivity index (χ4v) is 4.16. The molecule has 2 fully saturated rings. The third-order valence-corrected chi connectivity index (χ3v) is 6.26. The number of nitrogens with two attached hydrogens (primary N) is 1. The first-order valence-corrected chi connectivity index (χ1v) is 11.1. The van der Waals surface area contributed by atoms with Crippen LogP contribution < -0.4 is 15.8 Å². The van der Waals surface area contributed by atoms with Crippen LogP contribution in [-0.2, 0) is 14.4 Å². The minimum absolute atomic E-state index is 0.103. The number of aryl methyl sites for hydroxylation is 1. The molecule has 3 amide bonds. The summed E-state index contributed by atoms with van der Waals surface area (Å²) in [7, 11) is 0. The molecular weight excluding hydrogens is 443 g/mol. The van der Waals surface area contributed by atoms with Crippen LogP contribution in [0.15, 0.2) is 36.5 Å². The number of alkyl halides is 1. The number of hydrogen-bond acceptors (Lipinski definition) is 6. The van der Waals surface area contributed by atoms with Gasteiger partial charge in [-0.05, 0) is 54.3 Å². The number of carbonyl (C=O) groups excluding carboxylic acids is 3. The van der Waals surface area contributed by atoms with Gasteiger partial charge in [-0.2, -0.15) is 0 Å². The molecule has 2 aromatic rings. The Morgan fingerprint density at radius 1 is 1.24 bits per heavy atom. The number of amides is 3. The number of primary amides is 1. The molecule has 1 saturated carbocycles. The van der Waals surface area contributed by atoms with Crippen molar-refractivity contribution in [2.75, 3.05) is 25.0 Å². The summed E-state index contributed by atoms with van der Waals surface area (Å²) in [4.78, 5) is 40.5. The predicted octanol–water partition coefficient (Wildman–Crippen LogP) is 1.43. The summed E-state index contributed by atoms with van der Waals surface area (Å²) in [5, 5.41) is 11.7. The smallest absolute Gasteiger partial charge is 0.248 e. The van der Waals surface area contributed by atoms with E-state index in [1.165, 1.54) is 4.90 Å². The average molecular weight is 471 g/mol. The number of pyridine rings is 1. The molecule has 0 radical (unpaired) electrons. The van der Waals surface area contributed by atoms with E-state index < -0.39 is 42.5 Å². The number of halogens is 1. The summed E-state index contributed by atoms with van der Waals surface area (Å²) in [6.45, 7) is 1.45. The van der Waals surface area contributed by atoms with E-state index in [2.05, 4.69) is 10.3 Å². The maximum absolute atomic E-state index is 14.6. The largest absolute Gasteiger partial charge is 0.487 e. The standard InChI is InChI=1S/C24H27FN4O5/c1-13-8-14(2-3-19(13)34-20-5-7-29(11-18(20)25)22(31)12-30)15-4-6-27-21(9-15)28-24(33)17-10-16(17)23(26)32/h2-4,6,8-9,16-18,20,30H,5,7,10-12H2,1H3,(H2,26,32)(H,27,28,33)/t16-,17+,18+,20-/m0/s1. The summed E-state index contributed by atoms with van der Waals surface area (Å²) < 4.78 is 20.5. The molecule has 4 rings (SSSR count). The van der Waals surface area contributed by atoms with E-state index in [4.69, 9.17) is 15.6 Å². The van der Waals surface area contributed by atoms with Gasteiger partial charge in [0.2, 0.25) is 17.7 Å². The third kappa shape index (κ3) is 5.17. The Labute approximate surface area is 196 Å². The monoisotopic (exact) mass is 470 g/mol. The Morgan fingerprint density at radius 2 is 2.00 bits per heavy atom. The van der Waals surface area contributed by atoms with E-state index in [0.717, 1.165) is 16.7 Å². The van der Waals surface area contributed by atoms with Crippen LogP contribution in [0.2, 0.25) is 0 Å². The van der Waals surface area contributed by atoms with Gasteiger partial charge < -0.3 is 25.8 Å². The summed E-state index contributed by atoms with van der Waals surface area (Å²) in [6, 6.07) is 9.05. The van der Waals surface area contributed by atoms with Crippen molar-refractivity contribution in [1.82, 2.24) is 9.88 Å². The van der Waals surface area contributed by atoms with Crippen LogP contribution in [0.25, 0.3) is 11.1 Å². The molecule has 2 aliphatic rings. The van der Waals surface area contributed by atoms with E-state index in [0.29, 0.717) is 31.0 Å². The number of nitrogens with one attached hydrogen (secondary N) is 1. The average Bonchev–Trinajstić information content (AvgIpc) is 3.63. The summed E-state index contributed by atoms with van der Waals surface area (Å²) in [5.74, 6) is -1.13. The highest BCUT2D eigenvalue weighted by atomic mass is 19.1. The van der Waals surface area contributed by atoms with Gasteiger partial charge in [0.15, 0.2) is 6.17 Å². The van der Waals surface area contributed by atoms with Crippen LogP contribution in [0.4, 0.5) is 10.2 Å². The van der Waals surface area contributed by atoms with Crippen molar-refractivity contribution in [2.45, 2.75) is 32.0 Å². The van der Waals surface area contributed by atoms with Crippen molar-refractivity contribution in [3.63, 3.8) is 0 Å². The number of benzene rings is 1. The first-order chi connectivity index (χ1) is 16.3. The Hall–Kier alpha value is -3.53. The number of rotatable bonds is 7. The maximum Gasteiger partial charge on any atom is 0.248 e. The Kier molecular flexibility index (Phi) is 6.78. The lowest BCUT2D eigenvalue weighted by atomic mass is 10.0. The number of likely N-dealkylation sites (tertiary alicyclic amines) is 1. The van der Waals surface area contributed by atoms with Crippen LogP contribution in [-0.4, -0.2) is 64.7 Å². The molecule has 4 N–H and O–H groups in total. The highest BCUT2D eigenvalue weighted by molar-refractivity contribution is 5.99. The number of aromatic nitrogens is 1. The Bertz CT molecular complexity index is 1110. The number of nitrogens with zero attached hydrogens (tertiary/aromatic N) is 2. The number of aliphatic hydroxyl groups is 1. The molecule has 1 aromatic heterocycles. The fraction of sp³-hybridized carbons (Fsp3) is 0.417. The first-order valence-electron chi connectivity index (χ1n) is 11.1. The summed E-state index contributed by atoms with van der Waals surface area (Å²) in [5.41, 5.74) is 7.74. The Balaban J connectivity index is 1.40. The molecule has 2 heterocycles. The van der Waals surface area contributed by atoms with Gasteiger partial charge in [0.1, 0.15) is 24.3 Å². The number of aliphatic hydroxyl groups excluding tert-OH is 1. The quantitative estimate of drug-likeness (QED) is 0.560. The molecule has 180 valence electrons. The van der Waals surface area contributed by atoms with Crippen molar-refractivity contribution < 1.29 is 28.6 Å². The number of hydrogen-bond donors (Lipinski definition) is 3. The van der Waals surface area contributed by atoms with Gasteiger partial charge in [-0.3, -0.25) is 14.4 Å². The third-order valence-electron chi connectivity index (χ3n) is 6.26. The minimum atomic E-state index is -1.35. The summed E-state index contributed by atoms with van der Waals surface area (Å²) >= 11 is 0. The van der Waals surface area contributed by atoms with E-state index in [1.54, 1.807) is 24.4 Å². The molecule has 1 saturated heterocycles. The fourth-order valence-electron chi connectivity index (χ4n) is 4.16. The molecule has 1 aromatic carbocycles. The van der Waals surface area contributed by atoms with Crippen molar-refractivity contribution in [1.29, 1.82) is 0 Å². The summed E-state index contributed by atoms with van der Waals surface area (Å²) in [6.07, 6.45) is 0.340. The van der Waals surface area contributed by atoms with Gasteiger partial charge in [0.25, 0.3) is 0 Å². The number of carbonyl (C=O) groups is 3. The highest BCUT2D eigenvalue weighted by Crippen LogP contribution is 2.39. The minimum Gasteiger partial charge on any atom is -0.487 e. The normalized spacial score (nSPS) is 23.8. The van der Waals surface area contributed by atoms with E-state index >= 15 is 0 Å². The molecule has 1 aliphatic heterocycles. The number of piperidine rings is 1. The van der Waals surface area contributed by atoms with Gasteiger partial charge in [-0.25, -0.2) is 9.37 Å².